The zero-order valence-corrected chi connectivity index (χ0v) is 18.0. The second kappa shape index (κ2) is 9.55. The van der Waals surface area contributed by atoms with Crippen molar-refractivity contribution in [1.29, 1.82) is 0 Å². The molecule has 1 aliphatic rings. The van der Waals surface area contributed by atoms with Gasteiger partial charge in [0.1, 0.15) is 0 Å². The molecule has 0 aromatic heterocycles. The molecule has 1 N–H and O–H groups in total. The molecule has 0 radical (unpaired) electrons. The molecule has 6 heteroatoms. The van der Waals surface area contributed by atoms with Crippen molar-refractivity contribution in [3.05, 3.63) is 65.2 Å². The van der Waals surface area contributed by atoms with Crippen molar-refractivity contribution in [3.63, 3.8) is 0 Å². The third kappa shape index (κ3) is 5.06. The first-order chi connectivity index (χ1) is 14.0. The number of amides is 1. The average Bonchev–Trinajstić information content (AvgIpc) is 2.73. The summed E-state index contributed by atoms with van der Waals surface area (Å²) in [5.74, 6) is 0.0338. The van der Waals surface area contributed by atoms with E-state index < -0.39 is 10.0 Å². The van der Waals surface area contributed by atoms with Crippen LogP contribution >= 0.6 is 0 Å². The van der Waals surface area contributed by atoms with Gasteiger partial charge in [0.25, 0.3) is 0 Å². The Balaban J connectivity index is 1.58. The maximum Gasteiger partial charge on any atom is 0.243 e. The van der Waals surface area contributed by atoms with Gasteiger partial charge in [0.15, 0.2) is 0 Å². The van der Waals surface area contributed by atoms with Crippen LogP contribution in [0.4, 0.5) is 0 Å². The summed E-state index contributed by atoms with van der Waals surface area (Å²) in [5, 5.41) is 3.17. The van der Waals surface area contributed by atoms with Gasteiger partial charge in [0, 0.05) is 19.5 Å². The summed E-state index contributed by atoms with van der Waals surface area (Å²) in [7, 11) is -3.44. The van der Waals surface area contributed by atoms with Crippen molar-refractivity contribution in [1.82, 2.24) is 9.62 Å². The van der Waals surface area contributed by atoms with E-state index in [-0.39, 0.29) is 11.9 Å². The SMILES string of the molecule is CCN(CC)S(=O)(=O)c1ccc(CCC(=O)N[C@H]2CCCc3ccccc32)cc1. The first-order valence-electron chi connectivity index (χ1n) is 10.4. The molecule has 1 atom stereocenters. The minimum Gasteiger partial charge on any atom is -0.349 e. The van der Waals surface area contributed by atoms with Crippen molar-refractivity contribution < 1.29 is 13.2 Å². The highest BCUT2D eigenvalue weighted by molar-refractivity contribution is 7.89. The van der Waals surface area contributed by atoms with E-state index in [0.29, 0.717) is 30.8 Å². The Morgan fingerprint density at radius 1 is 1.07 bits per heavy atom. The number of hydrogen-bond acceptors (Lipinski definition) is 3. The summed E-state index contributed by atoms with van der Waals surface area (Å²) in [6.45, 7) is 4.56. The van der Waals surface area contributed by atoms with Gasteiger partial charge in [-0.15, -0.1) is 0 Å². The molecule has 1 aliphatic carbocycles. The number of nitrogens with one attached hydrogen (secondary N) is 1. The highest BCUT2D eigenvalue weighted by Gasteiger charge is 2.22. The lowest BCUT2D eigenvalue weighted by molar-refractivity contribution is -0.121. The predicted molar refractivity (Wildman–Crippen MR) is 115 cm³/mol. The van der Waals surface area contributed by atoms with Gasteiger partial charge in [-0.2, -0.15) is 4.31 Å². The van der Waals surface area contributed by atoms with Crippen LogP contribution in [0.3, 0.4) is 0 Å². The van der Waals surface area contributed by atoms with E-state index in [2.05, 4.69) is 17.4 Å². The topological polar surface area (TPSA) is 66.5 Å². The zero-order valence-electron chi connectivity index (χ0n) is 17.2. The molecule has 0 saturated heterocycles. The fourth-order valence-electron chi connectivity index (χ4n) is 3.97. The highest BCUT2D eigenvalue weighted by Crippen LogP contribution is 2.29. The Kier molecular flexibility index (Phi) is 7.09. The summed E-state index contributed by atoms with van der Waals surface area (Å²) in [6.07, 6.45) is 4.11. The van der Waals surface area contributed by atoms with Crippen molar-refractivity contribution in [2.24, 2.45) is 0 Å². The molecule has 0 bridgehead atoms. The minimum atomic E-state index is -3.44. The number of sulfonamides is 1. The minimum absolute atomic E-state index is 0.0338. The number of rotatable bonds is 8. The number of aryl methyl sites for hydroxylation is 2. The van der Waals surface area contributed by atoms with Crippen LogP contribution in [0.1, 0.15) is 55.8 Å². The van der Waals surface area contributed by atoms with Gasteiger partial charge in [-0.3, -0.25) is 4.79 Å². The summed E-state index contributed by atoms with van der Waals surface area (Å²) in [4.78, 5) is 12.8. The number of benzene rings is 2. The van der Waals surface area contributed by atoms with Gasteiger partial charge in [-0.05, 0) is 54.5 Å². The Labute approximate surface area is 174 Å². The van der Waals surface area contributed by atoms with Crippen molar-refractivity contribution in [3.8, 4) is 0 Å². The van der Waals surface area contributed by atoms with Crippen molar-refractivity contribution in [2.75, 3.05) is 13.1 Å². The third-order valence-corrected chi connectivity index (χ3v) is 7.68. The second-order valence-corrected chi connectivity index (χ2v) is 9.38. The number of nitrogens with zero attached hydrogens (tertiary/aromatic N) is 1. The molecule has 0 saturated carbocycles. The lowest BCUT2D eigenvalue weighted by Crippen LogP contribution is -2.31. The molecule has 0 unspecified atom stereocenters. The zero-order chi connectivity index (χ0) is 20.9. The van der Waals surface area contributed by atoms with E-state index in [1.54, 1.807) is 24.3 Å². The lowest BCUT2D eigenvalue weighted by atomic mass is 9.87. The van der Waals surface area contributed by atoms with Gasteiger partial charge < -0.3 is 5.32 Å². The standard InChI is InChI=1S/C23H30N2O3S/c1-3-25(4-2)29(27,28)20-15-12-18(13-16-20)14-17-23(26)24-22-11-7-9-19-8-5-6-10-21(19)22/h5-6,8,10,12-13,15-16,22H,3-4,7,9,11,14,17H2,1-2H3,(H,24,26)/t22-/m0/s1. The molecule has 1 amide bonds. The van der Waals surface area contributed by atoms with Gasteiger partial charge >= 0.3 is 0 Å². The Hall–Kier alpha value is -2.18. The first kappa shape index (κ1) is 21.5. The molecule has 29 heavy (non-hydrogen) atoms. The molecule has 156 valence electrons. The molecule has 0 heterocycles. The number of carbonyl (C=O) groups excluding carboxylic acids is 1. The molecule has 5 nitrogen and oxygen atoms in total. The van der Waals surface area contributed by atoms with E-state index in [1.807, 2.05) is 26.0 Å². The van der Waals surface area contributed by atoms with Crippen molar-refractivity contribution in [2.45, 2.75) is 56.9 Å². The summed E-state index contributed by atoms with van der Waals surface area (Å²) >= 11 is 0. The van der Waals surface area contributed by atoms with E-state index in [1.165, 1.54) is 15.4 Å². The smallest absolute Gasteiger partial charge is 0.243 e. The molecular formula is C23H30N2O3S. The molecule has 2 aromatic rings. The average molecular weight is 415 g/mol. The molecule has 0 fully saturated rings. The van der Waals surface area contributed by atoms with Gasteiger partial charge in [-0.25, -0.2) is 8.42 Å². The van der Waals surface area contributed by atoms with E-state index in [0.717, 1.165) is 24.8 Å². The van der Waals surface area contributed by atoms with E-state index in [4.69, 9.17) is 0 Å². The number of carbonyl (C=O) groups is 1. The molecular weight excluding hydrogens is 384 g/mol. The quantitative estimate of drug-likeness (QED) is 0.714. The molecule has 0 spiro atoms. The maximum absolute atomic E-state index is 12.6. The number of hydrogen-bond donors (Lipinski definition) is 1. The Morgan fingerprint density at radius 2 is 1.76 bits per heavy atom. The Morgan fingerprint density at radius 3 is 2.45 bits per heavy atom. The van der Waals surface area contributed by atoms with E-state index in [9.17, 15) is 13.2 Å². The van der Waals surface area contributed by atoms with E-state index >= 15 is 0 Å². The molecule has 0 aliphatic heterocycles. The second-order valence-electron chi connectivity index (χ2n) is 7.44. The summed E-state index contributed by atoms with van der Waals surface area (Å²) in [5.41, 5.74) is 3.52. The Bertz CT molecular complexity index is 935. The largest absolute Gasteiger partial charge is 0.349 e. The normalized spacial score (nSPS) is 16.4. The fourth-order valence-corrected chi connectivity index (χ4v) is 5.43. The van der Waals surface area contributed by atoms with Crippen LogP contribution in [0.25, 0.3) is 0 Å². The van der Waals surface area contributed by atoms with Crippen LogP contribution in [0.5, 0.6) is 0 Å². The molecule has 2 aromatic carbocycles. The fraction of sp³-hybridized carbons (Fsp3) is 0.435. The van der Waals surface area contributed by atoms with Crippen LogP contribution < -0.4 is 5.32 Å². The van der Waals surface area contributed by atoms with Crippen LogP contribution in [0.15, 0.2) is 53.4 Å². The first-order valence-corrected chi connectivity index (χ1v) is 11.9. The van der Waals surface area contributed by atoms with Crippen LogP contribution in [-0.4, -0.2) is 31.7 Å². The lowest BCUT2D eigenvalue weighted by Gasteiger charge is -2.26. The van der Waals surface area contributed by atoms with Gasteiger partial charge in [0.05, 0.1) is 10.9 Å². The third-order valence-electron chi connectivity index (χ3n) is 5.61. The maximum atomic E-state index is 12.6. The molecule has 3 rings (SSSR count). The predicted octanol–water partition coefficient (Wildman–Crippen LogP) is 3.84. The van der Waals surface area contributed by atoms with Gasteiger partial charge in [-0.1, -0.05) is 50.2 Å². The monoisotopic (exact) mass is 414 g/mol. The van der Waals surface area contributed by atoms with Crippen molar-refractivity contribution >= 4 is 15.9 Å². The van der Waals surface area contributed by atoms with Gasteiger partial charge in [0.2, 0.25) is 15.9 Å². The summed E-state index contributed by atoms with van der Waals surface area (Å²) in [6, 6.07) is 15.3. The number of fused-ring (bicyclic) bond motifs is 1. The van der Waals surface area contributed by atoms with Crippen LogP contribution in [0.2, 0.25) is 0 Å². The highest BCUT2D eigenvalue weighted by atomic mass is 32.2. The van der Waals surface area contributed by atoms with Crippen LogP contribution in [0, 0.1) is 0 Å². The van der Waals surface area contributed by atoms with Crippen LogP contribution in [-0.2, 0) is 27.7 Å². The summed E-state index contributed by atoms with van der Waals surface area (Å²) < 4.78 is 26.6.